The van der Waals surface area contributed by atoms with Gasteiger partial charge in [0.15, 0.2) is 0 Å². The highest BCUT2D eigenvalue weighted by atomic mass is 19.4. The molecule has 0 aromatic heterocycles. The summed E-state index contributed by atoms with van der Waals surface area (Å²) in [6.07, 6.45) is -4.45. The molecule has 1 aliphatic rings. The van der Waals surface area contributed by atoms with Gasteiger partial charge >= 0.3 is 6.18 Å². The van der Waals surface area contributed by atoms with E-state index in [1.807, 2.05) is 0 Å². The van der Waals surface area contributed by atoms with Crippen LogP contribution in [-0.2, 0) is 4.79 Å². The van der Waals surface area contributed by atoms with Gasteiger partial charge in [0.1, 0.15) is 0 Å². The van der Waals surface area contributed by atoms with Crippen LogP contribution in [0.4, 0.5) is 13.2 Å². The topological polar surface area (TPSA) is 41.1 Å². The van der Waals surface area contributed by atoms with Gasteiger partial charge in [0.2, 0.25) is 5.91 Å². The maximum absolute atomic E-state index is 11.7. The Bertz CT molecular complexity index is 199. The lowest BCUT2D eigenvalue weighted by Crippen LogP contribution is -2.34. The fourth-order valence-electron chi connectivity index (χ4n) is 1.35. The first-order chi connectivity index (χ1) is 6.49. The predicted molar refractivity (Wildman–Crippen MR) is 44.7 cm³/mol. The Morgan fingerprint density at radius 2 is 2.21 bits per heavy atom. The molecule has 0 spiro atoms. The molecule has 82 valence electrons. The number of carbonyl (C=O) groups excluding carboxylic acids is 1. The number of halogens is 3. The van der Waals surface area contributed by atoms with Crippen molar-refractivity contribution in [3.63, 3.8) is 0 Å². The quantitative estimate of drug-likeness (QED) is 0.718. The van der Waals surface area contributed by atoms with Gasteiger partial charge in [0, 0.05) is 13.1 Å². The Hall–Kier alpha value is -0.780. The van der Waals surface area contributed by atoms with E-state index in [9.17, 15) is 18.0 Å². The fraction of sp³-hybridized carbons (Fsp3) is 0.875. The number of nitrogens with one attached hydrogen (secondary N) is 2. The first-order valence-corrected chi connectivity index (χ1v) is 4.54. The monoisotopic (exact) mass is 210 g/mol. The second-order valence-corrected chi connectivity index (χ2v) is 3.35. The number of alkyl halides is 3. The van der Waals surface area contributed by atoms with Gasteiger partial charge in [-0.25, -0.2) is 0 Å². The van der Waals surface area contributed by atoms with Crippen molar-refractivity contribution in [2.75, 3.05) is 19.6 Å². The molecule has 2 N–H and O–H groups in total. The molecule has 1 atom stereocenters. The van der Waals surface area contributed by atoms with E-state index in [1.165, 1.54) is 0 Å². The van der Waals surface area contributed by atoms with Crippen LogP contribution < -0.4 is 10.6 Å². The fourth-order valence-corrected chi connectivity index (χ4v) is 1.35. The zero-order chi connectivity index (χ0) is 10.6. The summed E-state index contributed by atoms with van der Waals surface area (Å²) in [6.45, 7) is 1.01. The first kappa shape index (κ1) is 11.3. The van der Waals surface area contributed by atoms with Crippen LogP contribution in [0.3, 0.4) is 0 Å². The first-order valence-electron chi connectivity index (χ1n) is 4.54. The Labute approximate surface area is 80.0 Å². The van der Waals surface area contributed by atoms with Crippen LogP contribution >= 0.6 is 0 Å². The highest BCUT2D eigenvalue weighted by Gasteiger charge is 2.28. The normalized spacial score (nSPS) is 22.4. The molecule has 6 heteroatoms. The molecule has 1 fully saturated rings. The average molecular weight is 210 g/mol. The number of rotatable bonds is 3. The van der Waals surface area contributed by atoms with Gasteiger partial charge < -0.3 is 10.6 Å². The van der Waals surface area contributed by atoms with Crippen molar-refractivity contribution >= 4 is 5.91 Å². The second-order valence-electron chi connectivity index (χ2n) is 3.35. The van der Waals surface area contributed by atoms with Crippen LogP contribution in [0.1, 0.15) is 12.8 Å². The molecule has 0 radical (unpaired) electrons. The Morgan fingerprint density at radius 1 is 1.50 bits per heavy atom. The zero-order valence-electron chi connectivity index (χ0n) is 7.66. The van der Waals surface area contributed by atoms with Gasteiger partial charge in [0.25, 0.3) is 0 Å². The SMILES string of the molecule is O=C(NCCC(F)(F)F)C1CCNC1. The maximum atomic E-state index is 11.7. The maximum Gasteiger partial charge on any atom is 0.390 e. The summed E-state index contributed by atoms with van der Waals surface area (Å²) in [4.78, 5) is 11.2. The van der Waals surface area contributed by atoms with Crippen LogP contribution in [-0.4, -0.2) is 31.7 Å². The lowest BCUT2D eigenvalue weighted by Gasteiger charge is -2.10. The molecular formula is C8H13F3N2O. The Balaban J connectivity index is 2.15. The van der Waals surface area contributed by atoms with Crippen molar-refractivity contribution in [1.82, 2.24) is 10.6 Å². The highest BCUT2D eigenvalue weighted by Crippen LogP contribution is 2.18. The van der Waals surface area contributed by atoms with Crippen LogP contribution in [0.25, 0.3) is 0 Å². The molecule has 0 aliphatic carbocycles. The van der Waals surface area contributed by atoms with E-state index in [0.29, 0.717) is 13.0 Å². The van der Waals surface area contributed by atoms with Crippen molar-refractivity contribution in [3.8, 4) is 0 Å². The summed E-state index contributed by atoms with van der Waals surface area (Å²) < 4.78 is 35.2. The van der Waals surface area contributed by atoms with Crippen LogP contribution in [0.15, 0.2) is 0 Å². The zero-order valence-corrected chi connectivity index (χ0v) is 7.66. The third-order valence-electron chi connectivity index (χ3n) is 2.14. The van der Waals surface area contributed by atoms with Crippen LogP contribution in [0.2, 0.25) is 0 Å². The predicted octanol–water partition coefficient (Wildman–Crippen LogP) is 0.664. The van der Waals surface area contributed by atoms with E-state index < -0.39 is 12.6 Å². The van der Waals surface area contributed by atoms with E-state index in [4.69, 9.17) is 0 Å². The molecule has 0 saturated carbocycles. The minimum absolute atomic E-state index is 0.164. The van der Waals surface area contributed by atoms with Gasteiger partial charge in [-0.2, -0.15) is 13.2 Å². The summed E-state index contributed by atoms with van der Waals surface area (Å²) in [7, 11) is 0. The third kappa shape index (κ3) is 3.95. The van der Waals surface area contributed by atoms with Crippen molar-refractivity contribution in [3.05, 3.63) is 0 Å². The van der Waals surface area contributed by atoms with Gasteiger partial charge in [-0.1, -0.05) is 0 Å². The molecule has 1 heterocycles. The third-order valence-corrected chi connectivity index (χ3v) is 2.14. The number of hydrogen-bond donors (Lipinski definition) is 2. The second kappa shape index (κ2) is 4.63. The molecule has 0 aromatic rings. The lowest BCUT2D eigenvalue weighted by atomic mass is 10.1. The van der Waals surface area contributed by atoms with Gasteiger partial charge in [0.05, 0.1) is 12.3 Å². The molecule has 0 aromatic carbocycles. The molecule has 1 amide bonds. The van der Waals surface area contributed by atoms with Crippen molar-refractivity contribution in [2.24, 2.45) is 5.92 Å². The van der Waals surface area contributed by atoms with E-state index >= 15 is 0 Å². The van der Waals surface area contributed by atoms with Crippen LogP contribution in [0, 0.1) is 5.92 Å². The van der Waals surface area contributed by atoms with E-state index in [-0.39, 0.29) is 18.4 Å². The molecule has 0 bridgehead atoms. The van der Waals surface area contributed by atoms with Gasteiger partial charge in [-0.3, -0.25) is 4.79 Å². The number of amides is 1. The summed E-state index contributed by atoms with van der Waals surface area (Å²) in [5.41, 5.74) is 0. The highest BCUT2D eigenvalue weighted by molar-refractivity contribution is 5.79. The largest absolute Gasteiger partial charge is 0.390 e. The minimum Gasteiger partial charge on any atom is -0.355 e. The smallest absolute Gasteiger partial charge is 0.355 e. The van der Waals surface area contributed by atoms with Gasteiger partial charge in [-0.05, 0) is 13.0 Å². The summed E-state index contributed by atoms with van der Waals surface area (Å²) >= 11 is 0. The van der Waals surface area contributed by atoms with Gasteiger partial charge in [-0.15, -0.1) is 0 Å². The van der Waals surface area contributed by atoms with Crippen molar-refractivity contribution in [2.45, 2.75) is 19.0 Å². The Kier molecular flexibility index (Phi) is 3.74. The molecule has 1 aliphatic heterocycles. The van der Waals surface area contributed by atoms with Crippen LogP contribution in [0.5, 0.6) is 0 Å². The molecule has 3 nitrogen and oxygen atoms in total. The standard InChI is InChI=1S/C8H13F3N2O/c9-8(10,11)2-4-13-7(14)6-1-3-12-5-6/h6,12H,1-5H2,(H,13,14). The molecule has 1 unspecified atom stereocenters. The summed E-state index contributed by atoms with van der Waals surface area (Å²) in [5.74, 6) is -0.442. The summed E-state index contributed by atoms with van der Waals surface area (Å²) in [6, 6.07) is 0. The number of carbonyl (C=O) groups is 1. The molecule has 14 heavy (non-hydrogen) atoms. The summed E-state index contributed by atoms with van der Waals surface area (Å²) in [5, 5.41) is 5.26. The van der Waals surface area contributed by atoms with Crippen molar-refractivity contribution in [1.29, 1.82) is 0 Å². The van der Waals surface area contributed by atoms with Crippen molar-refractivity contribution < 1.29 is 18.0 Å². The van der Waals surface area contributed by atoms with E-state index in [2.05, 4.69) is 10.6 Å². The van der Waals surface area contributed by atoms with E-state index in [1.54, 1.807) is 0 Å². The van der Waals surface area contributed by atoms with E-state index in [0.717, 1.165) is 6.54 Å². The molecule has 1 rings (SSSR count). The Morgan fingerprint density at radius 3 is 2.71 bits per heavy atom. The minimum atomic E-state index is -4.19. The lowest BCUT2D eigenvalue weighted by molar-refractivity contribution is -0.136. The molecular weight excluding hydrogens is 197 g/mol. The average Bonchev–Trinajstić information content (AvgIpc) is 2.53. The molecule has 1 saturated heterocycles. The number of hydrogen-bond acceptors (Lipinski definition) is 2.